The Bertz CT molecular complexity index is 501. The van der Waals surface area contributed by atoms with Crippen molar-refractivity contribution in [2.24, 2.45) is 34.0 Å². The SMILES string of the molecule is C=C[C@]1(C)CC[C@H]2[C@H](C1)C(=O)CC1[C@@](C)(CO)CCC[C@]12CO. The molecular formula is C20H32O3. The number of hydrogen-bond acceptors (Lipinski definition) is 3. The van der Waals surface area contributed by atoms with Gasteiger partial charge in [0, 0.05) is 31.0 Å². The highest BCUT2D eigenvalue weighted by atomic mass is 16.3. The molecule has 0 bridgehead atoms. The summed E-state index contributed by atoms with van der Waals surface area (Å²) >= 11 is 0. The number of allylic oxidation sites excluding steroid dienone is 1. The first-order valence-corrected chi connectivity index (χ1v) is 9.22. The number of carbonyl (C=O) groups is 1. The summed E-state index contributed by atoms with van der Waals surface area (Å²) in [5.74, 6) is 0.827. The summed E-state index contributed by atoms with van der Waals surface area (Å²) in [6, 6.07) is 0. The summed E-state index contributed by atoms with van der Waals surface area (Å²) in [5.41, 5.74) is -0.340. The number of ketones is 1. The number of aliphatic hydroxyl groups excluding tert-OH is 2. The zero-order valence-electron chi connectivity index (χ0n) is 14.7. The maximum Gasteiger partial charge on any atom is 0.136 e. The molecule has 0 amide bonds. The van der Waals surface area contributed by atoms with Crippen molar-refractivity contribution in [1.82, 2.24) is 0 Å². The summed E-state index contributed by atoms with van der Waals surface area (Å²) in [7, 11) is 0. The standard InChI is InChI=1S/C20H32O3/c1-4-18(2)9-6-15-14(11-18)16(23)10-17-19(3,12-21)7-5-8-20(15,17)13-22/h4,14-15,17,21-22H,1,5-13H2,2-3H3/t14-,15-,17?,18+,19+,20+/m0/s1. The molecule has 23 heavy (non-hydrogen) atoms. The van der Waals surface area contributed by atoms with Gasteiger partial charge in [0.2, 0.25) is 0 Å². The maximum atomic E-state index is 13.0. The molecule has 2 N–H and O–H groups in total. The minimum absolute atomic E-state index is 0.0509. The monoisotopic (exact) mass is 320 g/mol. The van der Waals surface area contributed by atoms with Crippen LogP contribution in [0.15, 0.2) is 12.7 Å². The highest BCUT2D eigenvalue weighted by Crippen LogP contribution is 2.64. The predicted molar refractivity (Wildman–Crippen MR) is 90.8 cm³/mol. The number of rotatable bonds is 3. The summed E-state index contributed by atoms with van der Waals surface area (Å²) < 4.78 is 0. The van der Waals surface area contributed by atoms with Crippen molar-refractivity contribution >= 4 is 5.78 Å². The van der Waals surface area contributed by atoms with Gasteiger partial charge in [-0.2, -0.15) is 0 Å². The van der Waals surface area contributed by atoms with Crippen LogP contribution in [0.25, 0.3) is 0 Å². The highest BCUT2D eigenvalue weighted by molar-refractivity contribution is 5.83. The van der Waals surface area contributed by atoms with E-state index in [9.17, 15) is 15.0 Å². The van der Waals surface area contributed by atoms with E-state index in [1.165, 1.54) is 0 Å². The summed E-state index contributed by atoms with van der Waals surface area (Å²) in [4.78, 5) is 13.0. The first-order valence-electron chi connectivity index (χ1n) is 9.22. The lowest BCUT2D eigenvalue weighted by Gasteiger charge is -2.62. The van der Waals surface area contributed by atoms with Crippen molar-refractivity contribution in [3.63, 3.8) is 0 Å². The van der Waals surface area contributed by atoms with Crippen molar-refractivity contribution in [2.75, 3.05) is 13.2 Å². The first-order chi connectivity index (χ1) is 10.8. The fourth-order valence-corrected chi connectivity index (χ4v) is 6.25. The van der Waals surface area contributed by atoms with Gasteiger partial charge in [-0.3, -0.25) is 4.79 Å². The van der Waals surface area contributed by atoms with Gasteiger partial charge in [0.1, 0.15) is 5.78 Å². The molecule has 3 nitrogen and oxygen atoms in total. The number of hydrogen-bond donors (Lipinski definition) is 2. The van der Waals surface area contributed by atoms with Crippen molar-refractivity contribution in [3.8, 4) is 0 Å². The Morgan fingerprint density at radius 1 is 1.22 bits per heavy atom. The van der Waals surface area contributed by atoms with Crippen molar-refractivity contribution in [3.05, 3.63) is 12.7 Å². The van der Waals surface area contributed by atoms with Gasteiger partial charge in [-0.05, 0) is 54.8 Å². The van der Waals surface area contributed by atoms with Crippen LogP contribution in [-0.4, -0.2) is 29.2 Å². The third-order valence-electron chi connectivity index (χ3n) is 7.83. The lowest BCUT2D eigenvalue weighted by molar-refractivity contribution is -0.176. The number of Topliss-reactive ketones (excluding diaryl/α,β-unsaturated/α-hetero) is 1. The molecule has 0 aromatic rings. The predicted octanol–water partition coefficient (Wildman–Crippen LogP) is 3.35. The summed E-state index contributed by atoms with van der Waals surface area (Å²) in [6.07, 6.45) is 8.49. The molecule has 0 aromatic carbocycles. The molecule has 6 atom stereocenters. The van der Waals surface area contributed by atoms with Crippen LogP contribution in [0.5, 0.6) is 0 Å². The van der Waals surface area contributed by atoms with Crippen molar-refractivity contribution < 1.29 is 15.0 Å². The molecule has 0 saturated heterocycles. The second kappa shape index (κ2) is 5.70. The Balaban J connectivity index is 1.99. The van der Waals surface area contributed by atoms with Crippen molar-refractivity contribution in [1.29, 1.82) is 0 Å². The van der Waals surface area contributed by atoms with Crippen molar-refractivity contribution in [2.45, 2.75) is 58.8 Å². The lowest BCUT2D eigenvalue weighted by atomic mass is 9.42. The second-order valence-electron chi connectivity index (χ2n) is 9.09. The van der Waals surface area contributed by atoms with Crippen LogP contribution in [0.3, 0.4) is 0 Å². The van der Waals surface area contributed by atoms with E-state index in [0.29, 0.717) is 12.2 Å². The van der Waals surface area contributed by atoms with Gasteiger partial charge in [-0.15, -0.1) is 6.58 Å². The fraction of sp³-hybridized carbons (Fsp3) is 0.850. The molecule has 0 radical (unpaired) electrons. The lowest BCUT2D eigenvalue weighted by Crippen LogP contribution is -2.60. The molecule has 3 rings (SSSR count). The topological polar surface area (TPSA) is 57.5 Å². The Labute approximate surface area is 140 Å². The van der Waals surface area contributed by atoms with E-state index in [2.05, 4.69) is 20.4 Å². The Hall–Kier alpha value is -0.670. The van der Waals surface area contributed by atoms with Gasteiger partial charge in [0.15, 0.2) is 0 Å². The van der Waals surface area contributed by atoms with Crippen LogP contribution < -0.4 is 0 Å². The molecule has 3 heteroatoms. The Morgan fingerprint density at radius 3 is 2.57 bits per heavy atom. The number of aliphatic hydroxyl groups is 2. The largest absolute Gasteiger partial charge is 0.396 e. The molecule has 3 saturated carbocycles. The molecule has 3 aliphatic carbocycles. The summed E-state index contributed by atoms with van der Waals surface area (Å²) in [6.45, 7) is 8.58. The zero-order chi connectivity index (χ0) is 16.9. The van der Waals surface area contributed by atoms with Gasteiger partial charge in [0.25, 0.3) is 0 Å². The quantitative estimate of drug-likeness (QED) is 0.784. The minimum atomic E-state index is -0.221. The molecule has 0 aliphatic heterocycles. The van der Waals surface area contributed by atoms with Crippen LogP contribution in [0.1, 0.15) is 58.8 Å². The van der Waals surface area contributed by atoms with E-state index in [1.54, 1.807) is 0 Å². The molecule has 130 valence electrons. The molecule has 0 spiro atoms. The second-order valence-corrected chi connectivity index (χ2v) is 9.09. The van der Waals surface area contributed by atoms with E-state index in [1.807, 2.05) is 6.08 Å². The fourth-order valence-electron chi connectivity index (χ4n) is 6.25. The summed E-state index contributed by atoms with van der Waals surface area (Å²) in [5, 5.41) is 20.4. The zero-order valence-corrected chi connectivity index (χ0v) is 14.7. The number of carbonyl (C=O) groups excluding carboxylic acids is 1. The van der Waals surface area contributed by atoms with E-state index in [4.69, 9.17) is 0 Å². The average Bonchev–Trinajstić information content (AvgIpc) is 2.56. The van der Waals surface area contributed by atoms with Gasteiger partial charge < -0.3 is 10.2 Å². The van der Waals surface area contributed by atoms with Crippen LogP contribution >= 0.6 is 0 Å². The molecule has 1 unspecified atom stereocenters. The smallest absolute Gasteiger partial charge is 0.136 e. The highest BCUT2D eigenvalue weighted by Gasteiger charge is 2.61. The minimum Gasteiger partial charge on any atom is -0.396 e. The van der Waals surface area contributed by atoms with Crippen LogP contribution in [-0.2, 0) is 4.79 Å². The Kier molecular flexibility index (Phi) is 4.25. The third-order valence-corrected chi connectivity index (χ3v) is 7.83. The van der Waals surface area contributed by atoms with Gasteiger partial charge in [0.05, 0.1) is 0 Å². The maximum absolute atomic E-state index is 13.0. The van der Waals surface area contributed by atoms with Gasteiger partial charge >= 0.3 is 0 Å². The third kappa shape index (κ3) is 2.42. The normalized spacial score (nSPS) is 50.1. The van der Waals surface area contributed by atoms with E-state index in [0.717, 1.165) is 38.5 Å². The van der Waals surface area contributed by atoms with E-state index in [-0.39, 0.29) is 47.2 Å². The van der Waals surface area contributed by atoms with Gasteiger partial charge in [-0.25, -0.2) is 0 Å². The molecule has 3 aliphatic rings. The van der Waals surface area contributed by atoms with Crippen LogP contribution in [0.4, 0.5) is 0 Å². The molecular weight excluding hydrogens is 288 g/mol. The first kappa shape index (κ1) is 17.2. The van der Waals surface area contributed by atoms with E-state index >= 15 is 0 Å². The average molecular weight is 320 g/mol. The molecule has 0 aromatic heterocycles. The number of fused-ring (bicyclic) bond motifs is 3. The van der Waals surface area contributed by atoms with Crippen LogP contribution in [0.2, 0.25) is 0 Å². The van der Waals surface area contributed by atoms with E-state index < -0.39 is 0 Å². The van der Waals surface area contributed by atoms with Crippen LogP contribution in [0, 0.1) is 34.0 Å². The molecule has 3 fully saturated rings. The van der Waals surface area contributed by atoms with Gasteiger partial charge in [-0.1, -0.05) is 26.3 Å². The molecule has 0 heterocycles. The Morgan fingerprint density at radius 2 is 1.96 bits per heavy atom.